The number of fused-ring (bicyclic) bond motifs is 1. The highest BCUT2D eigenvalue weighted by Gasteiger charge is 2.18. The zero-order valence-electron chi connectivity index (χ0n) is 11.5. The van der Waals surface area contributed by atoms with Crippen molar-refractivity contribution in [1.82, 2.24) is 10.3 Å². The molecule has 2 rings (SSSR count). The number of carbonyl (C=O) groups is 1. The Bertz CT molecular complexity index is 697. The van der Waals surface area contributed by atoms with Gasteiger partial charge in [0.2, 0.25) is 5.44 Å². The summed E-state index contributed by atoms with van der Waals surface area (Å²) in [5.41, 5.74) is 6.15. The quantitative estimate of drug-likeness (QED) is 0.643. The first-order valence-electron chi connectivity index (χ1n) is 6.21. The normalized spacial score (nSPS) is 11.7. The Morgan fingerprint density at radius 1 is 1.57 bits per heavy atom. The number of thioether (sulfide) groups is 1. The lowest BCUT2D eigenvalue weighted by Crippen LogP contribution is -2.39. The van der Waals surface area contributed by atoms with Gasteiger partial charge in [-0.1, -0.05) is 5.92 Å². The average Bonchev–Trinajstić information content (AvgIpc) is 2.51. The first-order chi connectivity index (χ1) is 10.2. The molecule has 0 radical (unpaired) electrons. The van der Waals surface area contributed by atoms with Gasteiger partial charge < -0.3 is 15.8 Å². The van der Waals surface area contributed by atoms with E-state index in [0.29, 0.717) is 11.3 Å². The topological polar surface area (TPSA) is 77.2 Å². The summed E-state index contributed by atoms with van der Waals surface area (Å²) in [4.78, 5) is 16.0. The zero-order valence-corrected chi connectivity index (χ0v) is 12.3. The lowest BCUT2D eigenvalue weighted by atomic mass is 10.1. The molecular weight excluding hydrogens is 286 g/mol. The highest BCUT2D eigenvalue weighted by atomic mass is 32.2. The number of terminal acetylenes is 1. The SMILES string of the molecule is C#Cc1cnc2ccc(OC(SC)C(=O)NCN)cc2c1. The van der Waals surface area contributed by atoms with Crippen LogP contribution < -0.4 is 15.8 Å². The molecule has 0 aliphatic heterocycles. The molecule has 0 saturated heterocycles. The Morgan fingerprint density at radius 3 is 3.05 bits per heavy atom. The van der Waals surface area contributed by atoms with E-state index in [1.807, 2.05) is 18.2 Å². The Labute approximate surface area is 127 Å². The predicted octanol–water partition coefficient (Wildman–Crippen LogP) is 1.32. The molecule has 1 atom stereocenters. The van der Waals surface area contributed by atoms with Crippen LogP contribution in [0.4, 0.5) is 0 Å². The van der Waals surface area contributed by atoms with Gasteiger partial charge in [0, 0.05) is 17.1 Å². The standard InChI is InChI=1S/C15H15N3O2S/c1-3-10-6-11-7-12(4-5-13(11)17-8-10)20-15(21-2)14(19)18-9-16/h1,4-8,15H,9,16H2,2H3,(H,18,19). The third-order valence-corrected chi connectivity index (χ3v) is 3.51. The maximum Gasteiger partial charge on any atom is 0.272 e. The van der Waals surface area contributed by atoms with Crippen molar-refractivity contribution in [2.75, 3.05) is 12.9 Å². The van der Waals surface area contributed by atoms with Crippen LogP contribution in [-0.4, -0.2) is 29.3 Å². The summed E-state index contributed by atoms with van der Waals surface area (Å²) >= 11 is 1.29. The molecule has 2 aromatic rings. The van der Waals surface area contributed by atoms with Gasteiger partial charge in [-0.15, -0.1) is 18.2 Å². The Hall–Kier alpha value is -2.23. The molecular formula is C15H15N3O2S. The van der Waals surface area contributed by atoms with E-state index in [1.165, 1.54) is 11.8 Å². The largest absolute Gasteiger partial charge is 0.470 e. The van der Waals surface area contributed by atoms with Crippen LogP contribution in [0.5, 0.6) is 5.75 Å². The summed E-state index contributed by atoms with van der Waals surface area (Å²) in [7, 11) is 0. The number of rotatable bonds is 5. The van der Waals surface area contributed by atoms with Crippen molar-refractivity contribution in [3.8, 4) is 18.1 Å². The van der Waals surface area contributed by atoms with Crippen LogP contribution in [0.3, 0.4) is 0 Å². The van der Waals surface area contributed by atoms with Crippen molar-refractivity contribution in [3.63, 3.8) is 0 Å². The number of nitrogens with zero attached hydrogens (tertiary/aromatic N) is 1. The van der Waals surface area contributed by atoms with Crippen molar-refractivity contribution < 1.29 is 9.53 Å². The predicted molar refractivity (Wildman–Crippen MR) is 84.8 cm³/mol. The Kier molecular flexibility index (Phi) is 5.04. The molecule has 1 aromatic carbocycles. The minimum Gasteiger partial charge on any atom is -0.470 e. The summed E-state index contributed by atoms with van der Waals surface area (Å²) < 4.78 is 5.68. The van der Waals surface area contributed by atoms with Crippen LogP contribution in [0.1, 0.15) is 5.56 Å². The molecule has 5 nitrogen and oxygen atoms in total. The maximum absolute atomic E-state index is 11.8. The monoisotopic (exact) mass is 301 g/mol. The fourth-order valence-corrected chi connectivity index (χ4v) is 2.28. The minimum absolute atomic E-state index is 0.0758. The molecule has 21 heavy (non-hydrogen) atoms. The number of aromatic nitrogens is 1. The van der Waals surface area contributed by atoms with Crippen molar-refractivity contribution in [1.29, 1.82) is 0 Å². The first kappa shape index (κ1) is 15.2. The number of hydrogen-bond acceptors (Lipinski definition) is 5. The second-order valence-electron chi connectivity index (χ2n) is 4.15. The third kappa shape index (κ3) is 3.66. The van der Waals surface area contributed by atoms with E-state index in [-0.39, 0.29) is 12.6 Å². The van der Waals surface area contributed by atoms with Crippen LogP contribution in [0.2, 0.25) is 0 Å². The number of ether oxygens (including phenoxy) is 1. The van der Waals surface area contributed by atoms with E-state index in [4.69, 9.17) is 16.9 Å². The van der Waals surface area contributed by atoms with Crippen molar-refractivity contribution >= 4 is 28.6 Å². The van der Waals surface area contributed by atoms with Crippen LogP contribution >= 0.6 is 11.8 Å². The fourth-order valence-electron chi connectivity index (χ4n) is 1.78. The highest BCUT2D eigenvalue weighted by molar-refractivity contribution is 7.99. The van der Waals surface area contributed by atoms with Gasteiger partial charge in [-0.3, -0.25) is 9.78 Å². The van der Waals surface area contributed by atoms with Crippen LogP contribution in [0.15, 0.2) is 30.5 Å². The van der Waals surface area contributed by atoms with E-state index in [9.17, 15) is 4.79 Å². The van der Waals surface area contributed by atoms with Gasteiger partial charge in [0.05, 0.1) is 12.2 Å². The van der Waals surface area contributed by atoms with Gasteiger partial charge >= 0.3 is 0 Å². The third-order valence-electron chi connectivity index (χ3n) is 2.77. The molecule has 1 unspecified atom stereocenters. The average molecular weight is 301 g/mol. The van der Waals surface area contributed by atoms with Gasteiger partial charge in [0.1, 0.15) is 5.75 Å². The first-order valence-corrected chi connectivity index (χ1v) is 7.50. The van der Waals surface area contributed by atoms with Gasteiger partial charge in [-0.2, -0.15) is 0 Å². The lowest BCUT2D eigenvalue weighted by Gasteiger charge is -2.16. The molecule has 1 amide bonds. The van der Waals surface area contributed by atoms with Crippen LogP contribution in [0, 0.1) is 12.3 Å². The Morgan fingerprint density at radius 2 is 2.38 bits per heavy atom. The number of amides is 1. The molecule has 0 bridgehead atoms. The van der Waals surface area contributed by atoms with E-state index in [1.54, 1.807) is 18.5 Å². The molecule has 1 aromatic heterocycles. The van der Waals surface area contributed by atoms with E-state index in [0.717, 1.165) is 10.9 Å². The molecule has 108 valence electrons. The summed E-state index contributed by atoms with van der Waals surface area (Å²) in [5, 5.41) is 3.39. The molecule has 1 heterocycles. The molecule has 0 aliphatic carbocycles. The molecule has 0 spiro atoms. The maximum atomic E-state index is 11.8. The fraction of sp³-hybridized carbons (Fsp3) is 0.200. The summed E-state index contributed by atoms with van der Waals surface area (Å²) in [6.45, 7) is 0.0758. The second kappa shape index (κ2) is 6.97. The zero-order chi connectivity index (χ0) is 15.2. The number of nitrogens with two attached hydrogens (primary N) is 1. The summed E-state index contributed by atoms with van der Waals surface area (Å²) in [6, 6.07) is 7.25. The highest BCUT2D eigenvalue weighted by Crippen LogP contribution is 2.23. The van der Waals surface area contributed by atoms with Crippen molar-refractivity contribution in [2.45, 2.75) is 5.44 Å². The van der Waals surface area contributed by atoms with Crippen molar-refractivity contribution in [2.24, 2.45) is 5.73 Å². The van der Waals surface area contributed by atoms with Crippen molar-refractivity contribution in [3.05, 3.63) is 36.0 Å². The van der Waals surface area contributed by atoms with Gasteiger partial charge in [-0.05, 0) is 30.5 Å². The van der Waals surface area contributed by atoms with Gasteiger partial charge in [0.15, 0.2) is 0 Å². The number of hydrogen-bond donors (Lipinski definition) is 2. The Balaban J connectivity index is 2.25. The summed E-state index contributed by atoms with van der Waals surface area (Å²) in [5.74, 6) is 2.85. The lowest BCUT2D eigenvalue weighted by molar-refractivity contribution is -0.124. The van der Waals surface area contributed by atoms with Crippen LogP contribution in [-0.2, 0) is 4.79 Å². The number of carbonyl (C=O) groups excluding carboxylic acids is 1. The molecule has 3 N–H and O–H groups in total. The minimum atomic E-state index is -0.658. The molecule has 0 fully saturated rings. The van der Waals surface area contributed by atoms with Gasteiger partial charge in [0.25, 0.3) is 5.91 Å². The molecule has 6 heteroatoms. The smallest absolute Gasteiger partial charge is 0.272 e. The van der Waals surface area contributed by atoms with E-state index in [2.05, 4.69) is 16.2 Å². The van der Waals surface area contributed by atoms with E-state index < -0.39 is 5.44 Å². The van der Waals surface area contributed by atoms with Gasteiger partial charge in [-0.25, -0.2) is 0 Å². The number of nitrogens with one attached hydrogen (secondary N) is 1. The number of pyridine rings is 1. The summed E-state index contributed by atoms with van der Waals surface area (Å²) in [6.07, 6.45) is 8.80. The molecule has 0 aliphatic rings. The number of benzene rings is 1. The second-order valence-corrected chi connectivity index (χ2v) is 5.05. The van der Waals surface area contributed by atoms with E-state index >= 15 is 0 Å². The molecule has 0 saturated carbocycles. The van der Waals surface area contributed by atoms with Crippen LogP contribution in [0.25, 0.3) is 10.9 Å².